The normalized spacial score (nSPS) is 13.4. The van der Waals surface area contributed by atoms with Crippen molar-refractivity contribution in [3.05, 3.63) is 35.4 Å². The van der Waals surface area contributed by atoms with Crippen molar-refractivity contribution in [2.24, 2.45) is 5.92 Å². The van der Waals surface area contributed by atoms with E-state index in [1.165, 1.54) is 0 Å². The van der Waals surface area contributed by atoms with Gasteiger partial charge in [-0.15, -0.1) is 0 Å². The molecule has 0 aliphatic heterocycles. The monoisotopic (exact) mass is 334 g/mol. The lowest BCUT2D eigenvalue weighted by atomic mass is 10.0. The number of carbonyl (C=O) groups excluding carboxylic acids is 2. The van der Waals surface area contributed by atoms with Gasteiger partial charge >= 0.3 is 0 Å². The maximum atomic E-state index is 12.1. The Balaban J connectivity index is 2.40. The third-order valence-electron chi connectivity index (χ3n) is 4.00. The summed E-state index contributed by atoms with van der Waals surface area (Å²) in [6.45, 7) is 7.65. The van der Waals surface area contributed by atoms with Gasteiger partial charge in [0.15, 0.2) is 6.54 Å². The molecule has 0 fully saturated rings. The number of amides is 2. The Labute approximate surface area is 145 Å². The van der Waals surface area contributed by atoms with Crippen LogP contribution in [0.25, 0.3) is 0 Å². The molecule has 1 aromatic rings. The summed E-state index contributed by atoms with van der Waals surface area (Å²) >= 11 is 0. The van der Waals surface area contributed by atoms with Crippen molar-refractivity contribution in [1.82, 2.24) is 10.6 Å². The standard InChI is InChI=1S/C19H31N3O2/c1-14(2)6-7-15(3)21-18(23)13-22(5)12-16-8-10-17(11-9-16)19(24)20-4/h8-11,14-15H,6-7,12-13H2,1-5H3,(H,20,24)(H,21,23)/p+1/t15-/m1/s1. The van der Waals surface area contributed by atoms with Gasteiger partial charge in [0, 0.05) is 24.2 Å². The molecule has 1 aromatic carbocycles. The van der Waals surface area contributed by atoms with E-state index in [0.717, 1.165) is 29.8 Å². The molecular formula is C19H32N3O2+. The van der Waals surface area contributed by atoms with E-state index in [0.29, 0.717) is 18.0 Å². The fraction of sp³-hybridized carbons (Fsp3) is 0.579. The van der Waals surface area contributed by atoms with E-state index < -0.39 is 0 Å². The van der Waals surface area contributed by atoms with Crippen molar-refractivity contribution >= 4 is 11.8 Å². The first-order valence-corrected chi connectivity index (χ1v) is 8.73. The number of rotatable bonds is 9. The van der Waals surface area contributed by atoms with Crippen molar-refractivity contribution in [2.45, 2.75) is 46.2 Å². The highest BCUT2D eigenvalue weighted by Gasteiger charge is 2.13. The van der Waals surface area contributed by atoms with Gasteiger partial charge in [-0.2, -0.15) is 0 Å². The topological polar surface area (TPSA) is 62.6 Å². The van der Waals surface area contributed by atoms with E-state index in [2.05, 4.69) is 31.4 Å². The van der Waals surface area contributed by atoms with Crippen LogP contribution in [0.15, 0.2) is 24.3 Å². The third-order valence-corrected chi connectivity index (χ3v) is 4.00. The SMILES string of the molecule is CNC(=O)c1ccc(C[NH+](C)CC(=O)N[C@H](C)CCC(C)C)cc1. The number of quaternary nitrogens is 1. The van der Waals surface area contributed by atoms with Crippen LogP contribution in [0.3, 0.4) is 0 Å². The number of nitrogens with one attached hydrogen (secondary N) is 3. The van der Waals surface area contributed by atoms with Crippen molar-refractivity contribution in [3.63, 3.8) is 0 Å². The molecule has 0 heterocycles. The zero-order chi connectivity index (χ0) is 18.1. The summed E-state index contributed by atoms with van der Waals surface area (Å²) in [5.41, 5.74) is 1.76. The average molecular weight is 334 g/mol. The summed E-state index contributed by atoms with van der Waals surface area (Å²) in [6.07, 6.45) is 2.14. The molecule has 0 saturated carbocycles. The van der Waals surface area contributed by atoms with Gasteiger partial charge in [-0.1, -0.05) is 26.0 Å². The summed E-state index contributed by atoms with van der Waals surface area (Å²) in [7, 11) is 3.62. The van der Waals surface area contributed by atoms with Gasteiger partial charge in [-0.3, -0.25) is 9.59 Å². The quantitative estimate of drug-likeness (QED) is 0.631. The van der Waals surface area contributed by atoms with Crippen LogP contribution in [0.5, 0.6) is 0 Å². The fourth-order valence-corrected chi connectivity index (χ4v) is 2.58. The van der Waals surface area contributed by atoms with Crippen LogP contribution in [-0.4, -0.2) is 38.5 Å². The van der Waals surface area contributed by atoms with Gasteiger partial charge in [0.25, 0.3) is 11.8 Å². The molecule has 0 aliphatic carbocycles. The van der Waals surface area contributed by atoms with Crippen LogP contribution in [0.4, 0.5) is 0 Å². The van der Waals surface area contributed by atoms with E-state index in [-0.39, 0.29) is 17.9 Å². The Kier molecular flexibility index (Phi) is 8.47. The molecule has 1 rings (SSSR count). The second-order valence-electron chi connectivity index (χ2n) is 7.03. The second kappa shape index (κ2) is 10.1. The van der Waals surface area contributed by atoms with Crippen LogP contribution in [0.2, 0.25) is 0 Å². The van der Waals surface area contributed by atoms with Gasteiger partial charge < -0.3 is 15.5 Å². The molecule has 3 N–H and O–H groups in total. The molecule has 24 heavy (non-hydrogen) atoms. The highest BCUT2D eigenvalue weighted by atomic mass is 16.2. The number of hydrogen-bond donors (Lipinski definition) is 3. The van der Waals surface area contributed by atoms with Crippen LogP contribution in [0.1, 0.15) is 49.5 Å². The number of likely N-dealkylation sites (N-methyl/N-ethyl adjacent to an activating group) is 1. The van der Waals surface area contributed by atoms with Gasteiger partial charge in [-0.25, -0.2) is 0 Å². The molecule has 1 unspecified atom stereocenters. The number of carbonyl (C=O) groups is 2. The van der Waals surface area contributed by atoms with Crippen molar-refractivity contribution in [3.8, 4) is 0 Å². The van der Waals surface area contributed by atoms with E-state index in [4.69, 9.17) is 0 Å². The molecule has 0 bridgehead atoms. The van der Waals surface area contributed by atoms with Gasteiger partial charge in [0.1, 0.15) is 6.54 Å². The lowest BCUT2D eigenvalue weighted by Gasteiger charge is -2.18. The minimum atomic E-state index is -0.0861. The summed E-state index contributed by atoms with van der Waals surface area (Å²) in [6, 6.07) is 7.74. The smallest absolute Gasteiger partial charge is 0.275 e. The minimum Gasteiger partial charge on any atom is -0.355 e. The Morgan fingerprint density at radius 1 is 1.08 bits per heavy atom. The maximum absolute atomic E-state index is 12.1. The molecule has 0 radical (unpaired) electrons. The Hall–Kier alpha value is -1.88. The Bertz CT molecular complexity index is 526. The molecule has 0 saturated heterocycles. The lowest BCUT2D eigenvalue weighted by Crippen LogP contribution is -3.09. The van der Waals surface area contributed by atoms with E-state index in [9.17, 15) is 9.59 Å². The average Bonchev–Trinajstić information content (AvgIpc) is 2.52. The highest BCUT2D eigenvalue weighted by Crippen LogP contribution is 2.06. The summed E-state index contributed by atoms with van der Waals surface area (Å²) in [4.78, 5) is 24.7. The zero-order valence-corrected chi connectivity index (χ0v) is 15.6. The van der Waals surface area contributed by atoms with E-state index in [1.807, 2.05) is 31.3 Å². The summed E-state index contributed by atoms with van der Waals surface area (Å²) < 4.78 is 0. The van der Waals surface area contributed by atoms with Crippen molar-refractivity contribution in [1.29, 1.82) is 0 Å². The molecule has 5 heteroatoms. The van der Waals surface area contributed by atoms with Crippen molar-refractivity contribution < 1.29 is 14.5 Å². The van der Waals surface area contributed by atoms with Crippen LogP contribution in [0, 0.1) is 5.92 Å². The Morgan fingerprint density at radius 3 is 2.25 bits per heavy atom. The molecule has 2 atom stereocenters. The maximum Gasteiger partial charge on any atom is 0.275 e. The summed E-state index contributed by atoms with van der Waals surface area (Å²) in [5, 5.41) is 5.68. The second-order valence-corrected chi connectivity index (χ2v) is 7.03. The Morgan fingerprint density at radius 2 is 1.71 bits per heavy atom. The largest absolute Gasteiger partial charge is 0.355 e. The zero-order valence-electron chi connectivity index (χ0n) is 15.6. The fourth-order valence-electron chi connectivity index (χ4n) is 2.58. The van der Waals surface area contributed by atoms with Gasteiger partial charge in [-0.05, 0) is 37.8 Å². The number of hydrogen-bond acceptors (Lipinski definition) is 2. The molecule has 0 spiro atoms. The lowest BCUT2D eigenvalue weighted by molar-refractivity contribution is -0.885. The van der Waals surface area contributed by atoms with Crippen molar-refractivity contribution in [2.75, 3.05) is 20.6 Å². The van der Waals surface area contributed by atoms with Crippen LogP contribution < -0.4 is 15.5 Å². The van der Waals surface area contributed by atoms with Gasteiger partial charge in [0.05, 0.1) is 7.05 Å². The van der Waals surface area contributed by atoms with Crippen LogP contribution in [-0.2, 0) is 11.3 Å². The predicted octanol–water partition coefficient (Wildman–Crippen LogP) is 1.00. The first-order valence-electron chi connectivity index (χ1n) is 8.73. The van der Waals surface area contributed by atoms with Crippen LogP contribution >= 0.6 is 0 Å². The molecule has 134 valence electrons. The summed E-state index contributed by atoms with van der Waals surface area (Å²) in [5.74, 6) is 0.665. The van der Waals surface area contributed by atoms with E-state index in [1.54, 1.807) is 7.05 Å². The van der Waals surface area contributed by atoms with Gasteiger partial charge in [0.2, 0.25) is 0 Å². The molecule has 0 aliphatic rings. The highest BCUT2D eigenvalue weighted by molar-refractivity contribution is 5.93. The predicted molar refractivity (Wildman–Crippen MR) is 97.0 cm³/mol. The first-order chi connectivity index (χ1) is 11.3. The number of benzene rings is 1. The molecule has 0 aromatic heterocycles. The molecular weight excluding hydrogens is 302 g/mol. The molecule has 5 nitrogen and oxygen atoms in total. The van der Waals surface area contributed by atoms with E-state index >= 15 is 0 Å². The first kappa shape index (κ1) is 20.2. The third kappa shape index (κ3) is 7.59. The molecule has 2 amide bonds. The minimum absolute atomic E-state index is 0.0861.